The Kier molecular flexibility index (Phi) is 7.07. The Hall–Kier alpha value is -2.70. The molecule has 12 heteroatoms. The summed E-state index contributed by atoms with van der Waals surface area (Å²) >= 11 is 0. The molecule has 1 amide bonds. The molecular formula is C23H28FN3O6S2. The summed E-state index contributed by atoms with van der Waals surface area (Å²) < 4.78 is 70.7. The molecule has 190 valence electrons. The molecule has 2 aromatic rings. The van der Waals surface area contributed by atoms with E-state index in [0.29, 0.717) is 31.4 Å². The fraction of sp³-hybridized carbons (Fsp3) is 0.435. The van der Waals surface area contributed by atoms with Crippen molar-refractivity contribution in [3.05, 3.63) is 47.8 Å². The van der Waals surface area contributed by atoms with E-state index in [9.17, 15) is 26.0 Å². The van der Waals surface area contributed by atoms with E-state index in [1.807, 2.05) is 0 Å². The lowest BCUT2D eigenvalue weighted by molar-refractivity contribution is 0.0741. The van der Waals surface area contributed by atoms with Crippen molar-refractivity contribution in [3.8, 4) is 5.75 Å². The van der Waals surface area contributed by atoms with Crippen molar-refractivity contribution in [2.75, 3.05) is 51.0 Å². The second kappa shape index (κ2) is 9.75. The smallest absolute Gasteiger partial charge is 0.257 e. The summed E-state index contributed by atoms with van der Waals surface area (Å²) in [6.07, 6.45) is 3.16. The van der Waals surface area contributed by atoms with Crippen LogP contribution in [0.5, 0.6) is 5.75 Å². The number of nitrogens with zero attached hydrogens (tertiary/aromatic N) is 2. The lowest BCUT2D eigenvalue weighted by atomic mass is 10.1. The zero-order valence-electron chi connectivity index (χ0n) is 19.5. The molecule has 1 saturated carbocycles. The van der Waals surface area contributed by atoms with Crippen molar-refractivity contribution in [2.45, 2.75) is 22.6 Å². The van der Waals surface area contributed by atoms with Crippen LogP contribution in [0.25, 0.3) is 0 Å². The fourth-order valence-corrected chi connectivity index (χ4v) is 5.26. The van der Waals surface area contributed by atoms with E-state index < -0.39 is 25.7 Å². The number of hydrogen-bond acceptors (Lipinski definition) is 7. The van der Waals surface area contributed by atoms with Crippen LogP contribution >= 0.6 is 0 Å². The first kappa shape index (κ1) is 25.4. The Labute approximate surface area is 204 Å². The first-order chi connectivity index (χ1) is 16.5. The van der Waals surface area contributed by atoms with Gasteiger partial charge < -0.3 is 14.5 Å². The van der Waals surface area contributed by atoms with Gasteiger partial charge in [-0.3, -0.25) is 4.79 Å². The number of benzene rings is 2. The van der Waals surface area contributed by atoms with Crippen LogP contribution in [0.2, 0.25) is 0 Å². The highest BCUT2D eigenvalue weighted by Gasteiger charge is 2.29. The molecule has 1 saturated heterocycles. The summed E-state index contributed by atoms with van der Waals surface area (Å²) in [7, 11) is -5.97. The van der Waals surface area contributed by atoms with Crippen molar-refractivity contribution in [3.63, 3.8) is 0 Å². The predicted molar refractivity (Wildman–Crippen MR) is 129 cm³/mol. The van der Waals surface area contributed by atoms with Gasteiger partial charge in [0.15, 0.2) is 9.84 Å². The molecule has 4 rings (SSSR count). The van der Waals surface area contributed by atoms with E-state index in [0.717, 1.165) is 25.2 Å². The third kappa shape index (κ3) is 5.76. The number of carbonyl (C=O) groups is 1. The van der Waals surface area contributed by atoms with Gasteiger partial charge in [-0.2, -0.15) is 0 Å². The molecule has 1 aliphatic heterocycles. The summed E-state index contributed by atoms with van der Waals surface area (Å²) in [5, 5.41) is 0. The highest BCUT2D eigenvalue weighted by molar-refractivity contribution is 7.90. The molecular weight excluding hydrogens is 497 g/mol. The number of hydrogen-bond donors (Lipinski definition) is 1. The second-order valence-corrected chi connectivity index (χ2v) is 12.7. The standard InChI is InChI=1S/C23H28FN3O6S2/c1-25-35(31,32)18-6-8-22(33-15-16-3-4-16)19(13-18)23(28)27-11-9-26(10-12-27)21-7-5-17(14-20(21)24)34(2,29)30/h5-8,13-14,16,25H,3-4,9-12,15H2,1-2H3. The fourth-order valence-electron chi connectivity index (χ4n) is 3.87. The largest absolute Gasteiger partial charge is 0.492 e. The van der Waals surface area contributed by atoms with Gasteiger partial charge in [-0.15, -0.1) is 0 Å². The van der Waals surface area contributed by atoms with Gasteiger partial charge in [0.1, 0.15) is 11.6 Å². The summed E-state index contributed by atoms with van der Waals surface area (Å²) in [5.74, 6) is -0.224. The molecule has 0 spiro atoms. The van der Waals surface area contributed by atoms with Gasteiger partial charge in [0, 0.05) is 32.4 Å². The zero-order chi connectivity index (χ0) is 25.4. The van der Waals surface area contributed by atoms with Crippen molar-refractivity contribution in [1.82, 2.24) is 9.62 Å². The quantitative estimate of drug-likeness (QED) is 0.560. The average Bonchev–Trinajstić information content (AvgIpc) is 3.66. The van der Waals surface area contributed by atoms with E-state index in [1.54, 1.807) is 9.80 Å². The van der Waals surface area contributed by atoms with E-state index in [1.165, 1.54) is 37.4 Å². The number of ether oxygens (including phenoxy) is 1. The maximum absolute atomic E-state index is 14.6. The van der Waals surface area contributed by atoms with Crippen LogP contribution in [-0.4, -0.2) is 73.7 Å². The number of sulfone groups is 1. The highest BCUT2D eigenvalue weighted by atomic mass is 32.2. The third-order valence-corrected chi connectivity index (χ3v) is 8.71. The van der Waals surface area contributed by atoms with Crippen LogP contribution in [0.1, 0.15) is 23.2 Å². The van der Waals surface area contributed by atoms with Gasteiger partial charge in [-0.25, -0.2) is 25.9 Å². The van der Waals surface area contributed by atoms with Crippen molar-refractivity contribution in [1.29, 1.82) is 0 Å². The van der Waals surface area contributed by atoms with Gasteiger partial charge in [-0.05, 0) is 62.2 Å². The van der Waals surface area contributed by atoms with Crippen molar-refractivity contribution < 1.29 is 30.8 Å². The molecule has 0 radical (unpaired) electrons. The first-order valence-electron chi connectivity index (χ1n) is 11.2. The molecule has 0 unspecified atom stereocenters. The summed E-state index contributed by atoms with van der Waals surface area (Å²) in [5.41, 5.74) is 0.430. The van der Waals surface area contributed by atoms with Gasteiger partial charge >= 0.3 is 0 Å². The molecule has 2 aromatic carbocycles. The Morgan fingerprint density at radius 3 is 2.26 bits per heavy atom. The third-order valence-electron chi connectivity index (χ3n) is 6.19. The minimum absolute atomic E-state index is 0.0335. The molecule has 0 bridgehead atoms. The van der Waals surface area contributed by atoms with Gasteiger partial charge in [0.05, 0.1) is 27.6 Å². The molecule has 35 heavy (non-hydrogen) atoms. The maximum atomic E-state index is 14.6. The minimum atomic E-state index is -3.75. The topological polar surface area (TPSA) is 113 Å². The molecule has 9 nitrogen and oxygen atoms in total. The van der Waals surface area contributed by atoms with Crippen LogP contribution in [0.15, 0.2) is 46.2 Å². The zero-order valence-corrected chi connectivity index (χ0v) is 21.2. The number of rotatable bonds is 8. The van der Waals surface area contributed by atoms with Crippen LogP contribution < -0.4 is 14.4 Å². The normalized spacial score (nSPS) is 16.9. The number of anilines is 1. The number of halogens is 1. The lowest BCUT2D eigenvalue weighted by Gasteiger charge is -2.36. The number of piperazine rings is 1. The van der Waals surface area contributed by atoms with E-state index in [-0.39, 0.29) is 40.0 Å². The summed E-state index contributed by atoms with van der Waals surface area (Å²) in [6, 6.07) is 8.04. The SMILES string of the molecule is CNS(=O)(=O)c1ccc(OCC2CC2)c(C(=O)N2CCN(c3ccc(S(C)(=O)=O)cc3F)CC2)c1. The second-order valence-electron chi connectivity index (χ2n) is 8.78. The number of carbonyl (C=O) groups excluding carboxylic acids is 1. The van der Waals surface area contributed by atoms with Crippen molar-refractivity contribution in [2.24, 2.45) is 5.92 Å². The average molecular weight is 526 g/mol. The Bertz CT molecular complexity index is 1340. The number of amides is 1. The number of sulfonamides is 1. The molecule has 2 fully saturated rings. The Balaban J connectivity index is 1.52. The van der Waals surface area contributed by atoms with Crippen LogP contribution in [-0.2, 0) is 19.9 Å². The molecule has 0 atom stereocenters. The van der Waals surface area contributed by atoms with Gasteiger partial charge in [0.2, 0.25) is 10.0 Å². The lowest BCUT2D eigenvalue weighted by Crippen LogP contribution is -2.49. The molecule has 2 aliphatic rings. The van der Waals surface area contributed by atoms with Gasteiger partial charge in [0.25, 0.3) is 5.91 Å². The van der Waals surface area contributed by atoms with E-state index in [2.05, 4.69) is 4.72 Å². The van der Waals surface area contributed by atoms with Crippen LogP contribution in [0.4, 0.5) is 10.1 Å². The number of nitrogens with one attached hydrogen (secondary N) is 1. The summed E-state index contributed by atoms with van der Waals surface area (Å²) in [4.78, 5) is 16.6. The minimum Gasteiger partial charge on any atom is -0.492 e. The Morgan fingerprint density at radius 2 is 1.69 bits per heavy atom. The molecule has 1 aliphatic carbocycles. The summed E-state index contributed by atoms with van der Waals surface area (Å²) in [6.45, 7) is 1.67. The first-order valence-corrected chi connectivity index (χ1v) is 14.6. The molecule has 1 N–H and O–H groups in total. The molecule has 0 aromatic heterocycles. The highest BCUT2D eigenvalue weighted by Crippen LogP contribution is 2.32. The van der Waals surface area contributed by atoms with Crippen molar-refractivity contribution >= 4 is 31.5 Å². The predicted octanol–water partition coefficient (Wildman–Crippen LogP) is 1.89. The monoisotopic (exact) mass is 525 g/mol. The van der Waals surface area contributed by atoms with Crippen LogP contribution in [0, 0.1) is 11.7 Å². The van der Waals surface area contributed by atoms with E-state index >= 15 is 0 Å². The van der Waals surface area contributed by atoms with E-state index in [4.69, 9.17) is 4.74 Å². The van der Waals surface area contributed by atoms with Crippen LogP contribution in [0.3, 0.4) is 0 Å². The maximum Gasteiger partial charge on any atom is 0.257 e. The molecule has 1 heterocycles. The van der Waals surface area contributed by atoms with Gasteiger partial charge in [-0.1, -0.05) is 0 Å². The Morgan fingerprint density at radius 1 is 1.03 bits per heavy atom.